The molecule has 0 saturated carbocycles. The third-order valence-electron chi connectivity index (χ3n) is 4.91. The molecule has 0 radical (unpaired) electrons. The van der Waals surface area contributed by atoms with Crippen LogP contribution in [0.1, 0.15) is 10.4 Å². The minimum atomic E-state index is -0.540. The third-order valence-corrected chi connectivity index (χ3v) is 7.05. The number of ether oxygens (including phenoxy) is 1. The number of methoxy groups -OCH3 is 1. The molecule has 0 aliphatic rings. The number of esters is 1. The van der Waals surface area contributed by atoms with Crippen molar-refractivity contribution in [2.24, 2.45) is 0 Å². The highest BCUT2D eigenvalue weighted by atomic mass is 32.2. The lowest BCUT2D eigenvalue weighted by molar-refractivity contribution is -0.113. The summed E-state index contributed by atoms with van der Waals surface area (Å²) in [7, 11) is 1.28. The van der Waals surface area contributed by atoms with E-state index in [9.17, 15) is 14.4 Å². The van der Waals surface area contributed by atoms with E-state index in [4.69, 9.17) is 4.74 Å². The fourth-order valence-corrected chi connectivity index (χ4v) is 5.19. The zero-order valence-corrected chi connectivity index (χ0v) is 19.9. The minimum absolute atomic E-state index is 0.000274. The van der Waals surface area contributed by atoms with Crippen molar-refractivity contribution in [3.05, 3.63) is 89.2 Å². The molecule has 0 aliphatic carbocycles. The number of amides is 1. The van der Waals surface area contributed by atoms with Gasteiger partial charge in [0.15, 0.2) is 5.16 Å². The van der Waals surface area contributed by atoms with E-state index in [2.05, 4.69) is 16.9 Å². The lowest BCUT2D eigenvalue weighted by atomic mass is 10.2. The number of carbonyl (C=O) groups excluding carboxylic acids is 2. The Morgan fingerprint density at radius 1 is 1.18 bits per heavy atom. The molecule has 0 spiro atoms. The minimum Gasteiger partial charge on any atom is -0.465 e. The smallest absolute Gasteiger partial charge is 0.339 e. The second-order valence-corrected chi connectivity index (χ2v) is 9.16. The van der Waals surface area contributed by atoms with E-state index in [0.717, 1.165) is 22.2 Å². The molecule has 0 unspecified atom stereocenters. The molecule has 0 atom stereocenters. The third kappa shape index (κ3) is 4.95. The van der Waals surface area contributed by atoms with Gasteiger partial charge in [-0.2, -0.15) is 0 Å². The first-order valence-corrected chi connectivity index (χ1v) is 12.1. The van der Waals surface area contributed by atoms with E-state index in [1.807, 2.05) is 36.4 Å². The van der Waals surface area contributed by atoms with Gasteiger partial charge in [0, 0.05) is 11.4 Å². The number of thioether (sulfide) groups is 1. The number of thiophene rings is 1. The molecular formula is C25H21N3O4S2. The Balaban J connectivity index is 1.59. The van der Waals surface area contributed by atoms with Crippen LogP contribution in [-0.2, 0) is 16.1 Å². The van der Waals surface area contributed by atoms with E-state index in [-0.39, 0.29) is 29.3 Å². The Hall–Kier alpha value is -3.69. The van der Waals surface area contributed by atoms with Crippen LogP contribution in [0.15, 0.2) is 83.3 Å². The lowest BCUT2D eigenvalue weighted by Gasteiger charge is -2.11. The molecule has 172 valence electrons. The zero-order valence-electron chi connectivity index (χ0n) is 18.3. The number of aromatic nitrogens is 2. The molecule has 0 aliphatic heterocycles. The van der Waals surface area contributed by atoms with Gasteiger partial charge in [-0.1, -0.05) is 60.3 Å². The number of para-hydroxylation sites is 1. The summed E-state index contributed by atoms with van der Waals surface area (Å²) in [6, 6.07) is 18.3. The van der Waals surface area contributed by atoms with Gasteiger partial charge in [0.1, 0.15) is 4.70 Å². The van der Waals surface area contributed by atoms with E-state index in [0.29, 0.717) is 21.1 Å². The Labute approximate surface area is 204 Å². The summed E-state index contributed by atoms with van der Waals surface area (Å²) in [5, 5.41) is 3.15. The van der Waals surface area contributed by atoms with Crippen LogP contribution >= 0.6 is 23.1 Å². The Morgan fingerprint density at radius 3 is 2.65 bits per heavy atom. The molecule has 0 saturated heterocycles. The van der Waals surface area contributed by atoms with Gasteiger partial charge in [-0.05, 0) is 23.8 Å². The van der Waals surface area contributed by atoms with Crippen molar-refractivity contribution in [3.8, 4) is 10.4 Å². The van der Waals surface area contributed by atoms with Crippen LogP contribution in [0.5, 0.6) is 0 Å². The number of nitrogens with one attached hydrogen (secondary N) is 1. The zero-order chi connectivity index (χ0) is 24.1. The summed E-state index contributed by atoms with van der Waals surface area (Å²) in [5.41, 5.74) is 2.05. The second-order valence-electron chi connectivity index (χ2n) is 7.16. The van der Waals surface area contributed by atoms with Crippen molar-refractivity contribution in [1.29, 1.82) is 0 Å². The van der Waals surface area contributed by atoms with Crippen molar-refractivity contribution >= 4 is 50.9 Å². The van der Waals surface area contributed by atoms with Crippen LogP contribution < -0.4 is 10.9 Å². The van der Waals surface area contributed by atoms with Crippen LogP contribution in [0.2, 0.25) is 0 Å². The molecule has 2 aromatic heterocycles. The summed E-state index contributed by atoms with van der Waals surface area (Å²) in [6.45, 7) is 4.01. The Kier molecular flexibility index (Phi) is 7.24. The van der Waals surface area contributed by atoms with E-state index < -0.39 is 5.97 Å². The van der Waals surface area contributed by atoms with Gasteiger partial charge < -0.3 is 10.1 Å². The molecule has 0 bridgehead atoms. The number of rotatable bonds is 8. The van der Waals surface area contributed by atoms with E-state index in [1.54, 1.807) is 30.3 Å². The quantitative estimate of drug-likeness (QED) is 0.164. The largest absolute Gasteiger partial charge is 0.465 e. The topological polar surface area (TPSA) is 90.3 Å². The molecule has 4 aromatic rings. The fraction of sp³-hybridized carbons (Fsp3) is 0.120. The highest BCUT2D eigenvalue weighted by Crippen LogP contribution is 2.32. The Bertz CT molecular complexity index is 1430. The SMILES string of the molecule is C=CCn1c(SCC(=O)Nc2ccccc2C(=O)OC)nc2cc(-c3ccccc3)sc2c1=O. The van der Waals surface area contributed by atoms with E-state index in [1.165, 1.54) is 23.0 Å². The maximum absolute atomic E-state index is 13.2. The van der Waals surface area contributed by atoms with Gasteiger partial charge >= 0.3 is 5.97 Å². The maximum atomic E-state index is 13.2. The second kappa shape index (κ2) is 10.5. The van der Waals surface area contributed by atoms with Gasteiger partial charge in [-0.3, -0.25) is 14.2 Å². The molecule has 34 heavy (non-hydrogen) atoms. The standard InChI is InChI=1S/C25H21N3O4S2/c1-3-13-28-23(30)22-19(14-20(34-22)16-9-5-4-6-10-16)27-25(28)33-15-21(29)26-18-12-8-7-11-17(18)24(31)32-2/h3-12,14H,1,13,15H2,2H3,(H,26,29). The highest BCUT2D eigenvalue weighted by Gasteiger charge is 2.17. The van der Waals surface area contributed by atoms with Crippen LogP contribution in [-0.4, -0.2) is 34.3 Å². The van der Waals surface area contributed by atoms with Gasteiger partial charge in [0.25, 0.3) is 5.56 Å². The number of allylic oxidation sites excluding steroid dienone is 1. The number of hydrogen-bond donors (Lipinski definition) is 1. The van der Waals surface area contributed by atoms with Crippen molar-refractivity contribution in [2.75, 3.05) is 18.2 Å². The van der Waals surface area contributed by atoms with Crippen molar-refractivity contribution < 1.29 is 14.3 Å². The first kappa shape index (κ1) is 23.5. The molecule has 2 heterocycles. The lowest BCUT2D eigenvalue weighted by Crippen LogP contribution is -2.23. The molecule has 1 N–H and O–H groups in total. The summed E-state index contributed by atoms with van der Waals surface area (Å²) in [4.78, 5) is 43.4. The molecule has 2 aromatic carbocycles. The van der Waals surface area contributed by atoms with Gasteiger partial charge in [0.05, 0.1) is 29.6 Å². The summed E-state index contributed by atoms with van der Waals surface area (Å²) in [6.07, 6.45) is 1.62. The van der Waals surface area contributed by atoms with Crippen LogP contribution in [0.4, 0.5) is 5.69 Å². The molecular weight excluding hydrogens is 470 g/mol. The predicted molar refractivity (Wildman–Crippen MR) is 137 cm³/mol. The summed E-state index contributed by atoms with van der Waals surface area (Å²) < 4.78 is 6.84. The molecule has 4 rings (SSSR count). The van der Waals surface area contributed by atoms with Crippen LogP contribution in [0.3, 0.4) is 0 Å². The Morgan fingerprint density at radius 2 is 1.91 bits per heavy atom. The molecule has 7 nitrogen and oxygen atoms in total. The summed E-state index contributed by atoms with van der Waals surface area (Å²) in [5.74, 6) is -0.876. The van der Waals surface area contributed by atoms with Gasteiger partial charge in [0.2, 0.25) is 5.91 Å². The monoisotopic (exact) mass is 491 g/mol. The number of carbonyl (C=O) groups is 2. The molecule has 9 heteroatoms. The van der Waals surface area contributed by atoms with Crippen molar-refractivity contribution in [3.63, 3.8) is 0 Å². The van der Waals surface area contributed by atoms with Gasteiger partial charge in [-0.25, -0.2) is 9.78 Å². The number of hydrogen-bond acceptors (Lipinski definition) is 7. The van der Waals surface area contributed by atoms with Crippen LogP contribution in [0, 0.1) is 0 Å². The summed E-state index contributed by atoms with van der Waals surface area (Å²) >= 11 is 2.54. The van der Waals surface area contributed by atoms with Gasteiger partial charge in [-0.15, -0.1) is 17.9 Å². The molecule has 0 fully saturated rings. The fourth-order valence-electron chi connectivity index (χ4n) is 3.33. The number of anilines is 1. The maximum Gasteiger partial charge on any atom is 0.339 e. The number of nitrogens with zero attached hydrogens (tertiary/aromatic N) is 2. The highest BCUT2D eigenvalue weighted by molar-refractivity contribution is 7.99. The van der Waals surface area contributed by atoms with Crippen molar-refractivity contribution in [2.45, 2.75) is 11.7 Å². The number of fused-ring (bicyclic) bond motifs is 1. The normalized spacial score (nSPS) is 10.7. The van der Waals surface area contributed by atoms with Crippen LogP contribution in [0.25, 0.3) is 20.7 Å². The van der Waals surface area contributed by atoms with E-state index >= 15 is 0 Å². The average Bonchev–Trinajstić information content (AvgIpc) is 3.30. The number of benzene rings is 2. The molecule has 1 amide bonds. The average molecular weight is 492 g/mol. The first-order chi connectivity index (χ1) is 16.5. The first-order valence-electron chi connectivity index (χ1n) is 10.3. The predicted octanol–water partition coefficient (Wildman–Crippen LogP) is 4.83. The van der Waals surface area contributed by atoms with Crippen molar-refractivity contribution in [1.82, 2.24) is 9.55 Å².